The number of anilines is 1. The first-order valence-electron chi connectivity index (χ1n) is 6.64. The van der Waals surface area contributed by atoms with E-state index >= 15 is 0 Å². The monoisotopic (exact) mass is 289 g/mol. The third-order valence-electron chi connectivity index (χ3n) is 3.26. The Bertz CT molecular complexity index is 599. The van der Waals surface area contributed by atoms with Crippen LogP contribution in [0.3, 0.4) is 0 Å². The fourth-order valence-electron chi connectivity index (χ4n) is 1.97. The molecule has 1 aromatic heterocycles. The smallest absolute Gasteiger partial charge is 0.345 e. The molecule has 1 aromatic carbocycles. The number of carboxylic acid groups (broad SMARTS) is 1. The molecule has 0 saturated carbocycles. The Morgan fingerprint density at radius 3 is 2.45 bits per heavy atom. The van der Waals surface area contributed by atoms with Gasteiger partial charge in [0.15, 0.2) is 0 Å². The van der Waals surface area contributed by atoms with Crippen LogP contribution in [-0.2, 0) is 6.54 Å². The van der Waals surface area contributed by atoms with Gasteiger partial charge in [-0.2, -0.15) is 0 Å². The molecule has 0 atom stereocenters. The lowest BCUT2D eigenvalue weighted by Crippen LogP contribution is -1.99. The molecule has 0 unspecified atom stereocenters. The van der Waals surface area contributed by atoms with E-state index in [1.54, 1.807) is 6.07 Å². The maximum atomic E-state index is 10.9. The van der Waals surface area contributed by atoms with Gasteiger partial charge in [0.1, 0.15) is 4.88 Å². The van der Waals surface area contributed by atoms with Gasteiger partial charge >= 0.3 is 5.97 Å². The highest BCUT2D eigenvalue weighted by atomic mass is 32.1. The standard InChI is InChI=1S/C16H19NO2S/c1-10(2)12-4-6-13(7-5-12)17-9-15-11(3)8-14(20-15)16(18)19/h4-8,10,17H,9H2,1-3H3,(H,18,19). The van der Waals surface area contributed by atoms with Crippen LogP contribution in [0.5, 0.6) is 0 Å². The highest BCUT2D eigenvalue weighted by Gasteiger charge is 2.10. The first-order valence-corrected chi connectivity index (χ1v) is 7.45. The Kier molecular flexibility index (Phi) is 4.45. The van der Waals surface area contributed by atoms with E-state index in [0.717, 1.165) is 16.1 Å². The molecule has 0 bridgehead atoms. The average molecular weight is 289 g/mol. The lowest BCUT2D eigenvalue weighted by Gasteiger charge is -2.09. The largest absolute Gasteiger partial charge is 0.477 e. The first-order chi connectivity index (χ1) is 9.47. The van der Waals surface area contributed by atoms with E-state index in [9.17, 15) is 4.79 Å². The van der Waals surface area contributed by atoms with Gasteiger partial charge in [0, 0.05) is 17.1 Å². The third kappa shape index (κ3) is 3.39. The normalized spacial score (nSPS) is 10.8. The SMILES string of the molecule is Cc1cc(C(=O)O)sc1CNc1ccc(C(C)C)cc1. The Balaban J connectivity index is 2.03. The molecule has 3 nitrogen and oxygen atoms in total. The summed E-state index contributed by atoms with van der Waals surface area (Å²) in [6, 6.07) is 10.1. The second kappa shape index (κ2) is 6.09. The number of hydrogen-bond acceptors (Lipinski definition) is 3. The van der Waals surface area contributed by atoms with Crippen LogP contribution >= 0.6 is 11.3 Å². The lowest BCUT2D eigenvalue weighted by molar-refractivity contribution is 0.0702. The van der Waals surface area contributed by atoms with E-state index in [1.807, 2.05) is 6.92 Å². The average Bonchev–Trinajstić information content (AvgIpc) is 2.78. The van der Waals surface area contributed by atoms with Crippen LogP contribution in [0, 0.1) is 6.92 Å². The minimum atomic E-state index is -0.856. The van der Waals surface area contributed by atoms with Crippen molar-refractivity contribution in [2.45, 2.75) is 33.2 Å². The van der Waals surface area contributed by atoms with E-state index in [0.29, 0.717) is 17.3 Å². The molecule has 20 heavy (non-hydrogen) atoms. The molecule has 0 radical (unpaired) electrons. The molecule has 2 rings (SSSR count). The summed E-state index contributed by atoms with van der Waals surface area (Å²) < 4.78 is 0. The van der Waals surface area contributed by atoms with Crippen LogP contribution in [0.15, 0.2) is 30.3 Å². The molecule has 0 saturated heterocycles. The predicted molar refractivity (Wildman–Crippen MR) is 83.9 cm³/mol. The Morgan fingerprint density at radius 1 is 1.30 bits per heavy atom. The number of thiophene rings is 1. The zero-order valence-corrected chi connectivity index (χ0v) is 12.8. The molecule has 2 N–H and O–H groups in total. The van der Waals surface area contributed by atoms with Gasteiger partial charge in [0.25, 0.3) is 0 Å². The van der Waals surface area contributed by atoms with Gasteiger partial charge in [-0.05, 0) is 42.2 Å². The molecule has 0 aliphatic carbocycles. The molecule has 4 heteroatoms. The molecule has 0 spiro atoms. The van der Waals surface area contributed by atoms with Crippen molar-refractivity contribution in [3.05, 3.63) is 51.2 Å². The highest BCUT2D eigenvalue weighted by molar-refractivity contribution is 7.14. The molecule has 106 valence electrons. The minimum absolute atomic E-state index is 0.398. The molecule has 0 aliphatic rings. The topological polar surface area (TPSA) is 49.3 Å². The van der Waals surface area contributed by atoms with E-state index in [2.05, 4.69) is 43.4 Å². The summed E-state index contributed by atoms with van der Waals surface area (Å²) in [5.74, 6) is -0.327. The van der Waals surface area contributed by atoms with E-state index < -0.39 is 5.97 Å². The molecule has 0 aliphatic heterocycles. The second-order valence-electron chi connectivity index (χ2n) is 5.15. The van der Waals surface area contributed by atoms with Crippen molar-refractivity contribution < 1.29 is 9.90 Å². The van der Waals surface area contributed by atoms with Gasteiger partial charge in [-0.1, -0.05) is 26.0 Å². The number of carbonyl (C=O) groups is 1. The number of aryl methyl sites for hydroxylation is 1. The van der Waals surface area contributed by atoms with Crippen LogP contribution < -0.4 is 5.32 Å². The summed E-state index contributed by atoms with van der Waals surface area (Å²) >= 11 is 1.33. The van der Waals surface area contributed by atoms with Crippen LogP contribution in [-0.4, -0.2) is 11.1 Å². The van der Waals surface area contributed by atoms with Crippen molar-refractivity contribution in [2.24, 2.45) is 0 Å². The van der Waals surface area contributed by atoms with Gasteiger partial charge in [-0.15, -0.1) is 11.3 Å². The molecular weight excluding hydrogens is 270 g/mol. The summed E-state index contributed by atoms with van der Waals surface area (Å²) in [6.07, 6.45) is 0. The summed E-state index contributed by atoms with van der Waals surface area (Å²) in [7, 11) is 0. The number of aromatic carboxylic acids is 1. The minimum Gasteiger partial charge on any atom is -0.477 e. The highest BCUT2D eigenvalue weighted by Crippen LogP contribution is 2.23. The fourth-order valence-corrected chi connectivity index (χ4v) is 2.92. The number of benzene rings is 1. The summed E-state index contributed by atoms with van der Waals surface area (Å²) in [6.45, 7) is 6.95. The molecule has 1 heterocycles. The van der Waals surface area contributed by atoms with Crippen molar-refractivity contribution in [3.63, 3.8) is 0 Å². The molecule has 0 fully saturated rings. The number of hydrogen-bond donors (Lipinski definition) is 2. The second-order valence-corrected chi connectivity index (χ2v) is 6.29. The summed E-state index contributed by atoms with van der Waals surface area (Å²) in [5, 5.41) is 12.3. The van der Waals surface area contributed by atoms with Crippen LogP contribution in [0.2, 0.25) is 0 Å². The Labute approximate surface area is 123 Å². The quantitative estimate of drug-likeness (QED) is 0.852. The van der Waals surface area contributed by atoms with Crippen molar-refractivity contribution in [1.82, 2.24) is 0 Å². The lowest BCUT2D eigenvalue weighted by atomic mass is 10.0. The maximum absolute atomic E-state index is 10.9. The Morgan fingerprint density at radius 2 is 1.95 bits per heavy atom. The van der Waals surface area contributed by atoms with Crippen molar-refractivity contribution in [1.29, 1.82) is 0 Å². The van der Waals surface area contributed by atoms with Gasteiger partial charge in [0.2, 0.25) is 0 Å². The number of rotatable bonds is 5. The van der Waals surface area contributed by atoms with Crippen molar-refractivity contribution in [3.8, 4) is 0 Å². The summed E-state index contributed by atoms with van der Waals surface area (Å²) in [5.41, 5.74) is 3.40. The van der Waals surface area contributed by atoms with E-state index in [4.69, 9.17) is 5.11 Å². The molecule has 0 amide bonds. The molecular formula is C16H19NO2S. The number of nitrogens with one attached hydrogen (secondary N) is 1. The van der Waals surface area contributed by atoms with Gasteiger partial charge in [-0.3, -0.25) is 0 Å². The van der Waals surface area contributed by atoms with Crippen LogP contribution in [0.4, 0.5) is 5.69 Å². The Hall–Kier alpha value is -1.81. The van der Waals surface area contributed by atoms with E-state index in [1.165, 1.54) is 16.9 Å². The van der Waals surface area contributed by atoms with Crippen molar-refractivity contribution >= 4 is 23.0 Å². The van der Waals surface area contributed by atoms with Crippen LogP contribution in [0.1, 0.15) is 45.4 Å². The zero-order chi connectivity index (χ0) is 14.7. The summed E-state index contributed by atoms with van der Waals surface area (Å²) in [4.78, 5) is 12.4. The third-order valence-corrected chi connectivity index (χ3v) is 4.49. The van der Waals surface area contributed by atoms with Crippen LogP contribution in [0.25, 0.3) is 0 Å². The predicted octanol–water partition coefficient (Wildman–Crippen LogP) is 4.49. The zero-order valence-electron chi connectivity index (χ0n) is 11.9. The van der Waals surface area contributed by atoms with Gasteiger partial charge in [0.05, 0.1) is 0 Å². The van der Waals surface area contributed by atoms with Gasteiger partial charge in [-0.25, -0.2) is 4.79 Å². The fraction of sp³-hybridized carbons (Fsp3) is 0.312. The first kappa shape index (κ1) is 14.6. The number of carboxylic acids is 1. The van der Waals surface area contributed by atoms with E-state index in [-0.39, 0.29) is 0 Å². The van der Waals surface area contributed by atoms with Crippen molar-refractivity contribution in [2.75, 3.05) is 5.32 Å². The maximum Gasteiger partial charge on any atom is 0.345 e. The van der Waals surface area contributed by atoms with Gasteiger partial charge < -0.3 is 10.4 Å². The molecule has 2 aromatic rings.